The molecule has 8 heteroatoms. The molecule has 1 aromatic carbocycles. The van der Waals surface area contributed by atoms with Crippen molar-refractivity contribution in [2.75, 3.05) is 0 Å². The summed E-state index contributed by atoms with van der Waals surface area (Å²) in [5, 5.41) is 13.6. The molecule has 0 atom stereocenters. The number of fused-ring (bicyclic) bond motifs is 1. The van der Waals surface area contributed by atoms with Gasteiger partial charge in [-0.1, -0.05) is 35.1 Å². The van der Waals surface area contributed by atoms with E-state index in [2.05, 4.69) is 20.3 Å². The van der Waals surface area contributed by atoms with E-state index in [1.54, 1.807) is 24.5 Å². The highest BCUT2D eigenvalue weighted by Gasteiger charge is 2.16. The number of hydrogen-bond donors (Lipinski definition) is 0. The van der Waals surface area contributed by atoms with Gasteiger partial charge in [0, 0.05) is 17.4 Å². The van der Waals surface area contributed by atoms with Gasteiger partial charge in [-0.05, 0) is 35.9 Å². The van der Waals surface area contributed by atoms with Gasteiger partial charge in [0.15, 0.2) is 5.82 Å². The second-order valence-corrected chi connectivity index (χ2v) is 6.33. The molecule has 0 spiro atoms. The summed E-state index contributed by atoms with van der Waals surface area (Å²) in [5.41, 5.74) is 1.27. The Morgan fingerprint density at radius 3 is 2.88 bits per heavy atom. The fourth-order valence-corrected chi connectivity index (χ4v) is 3.08. The van der Waals surface area contributed by atoms with Gasteiger partial charge in [0.2, 0.25) is 4.96 Å². The third-order valence-electron chi connectivity index (χ3n) is 3.28. The molecular formula is C16H9ClFN5S. The fraction of sp³-hybridized carbons (Fsp3) is 0. The Bertz CT molecular complexity index is 1040. The molecule has 0 aliphatic carbocycles. The monoisotopic (exact) mass is 357 g/mol. The average molecular weight is 358 g/mol. The molecule has 3 heterocycles. The second-order valence-electron chi connectivity index (χ2n) is 4.90. The van der Waals surface area contributed by atoms with Crippen LogP contribution in [-0.2, 0) is 0 Å². The molecule has 0 unspecified atom stereocenters. The SMILES string of the molecule is Fc1cc(Cl)ccc1-c1nnc2sc(C=Cc3cccnc3)nn12. The van der Waals surface area contributed by atoms with Crippen molar-refractivity contribution < 1.29 is 4.39 Å². The van der Waals surface area contributed by atoms with Crippen molar-refractivity contribution in [2.45, 2.75) is 0 Å². The van der Waals surface area contributed by atoms with Crippen LogP contribution in [0.3, 0.4) is 0 Å². The Labute approximate surface area is 145 Å². The lowest BCUT2D eigenvalue weighted by Crippen LogP contribution is -1.93. The minimum absolute atomic E-state index is 0.306. The van der Waals surface area contributed by atoms with Crippen molar-refractivity contribution in [3.63, 3.8) is 0 Å². The lowest BCUT2D eigenvalue weighted by molar-refractivity contribution is 0.629. The largest absolute Gasteiger partial charge is 0.264 e. The Kier molecular flexibility index (Phi) is 3.79. The Morgan fingerprint density at radius 1 is 1.17 bits per heavy atom. The Hall–Kier alpha value is -2.64. The van der Waals surface area contributed by atoms with Gasteiger partial charge in [-0.25, -0.2) is 4.39 Å². The zero-order valence-electron chi connectivity index (χ0n) is 12.1. The molecule has 3 aromatic heterocycles. The van der Waals surface area contributed by atoms with E-state index in [9.17, 15) is 4.39 Å². The molecule has 0 saturated carbocycles. The minimum Gasteiger partial charge on any atom is -0.264 e. The molecule has 5 nitrogen and oxygen atoms in total. The molecule has 4 rings (SSSR count). The second kappa shape index (κ2) is 6.10. The predicted octanol–water partition coefficient (Wildman–Crippen LogP) is 4.21. The first-order valence-corrected chi connectivity index (χ1v) is 8.16. The Morgan fingerprint density at radius 2 is 2.08 bits per heavy atom. The molecule has 0 radical (unpaired) electrons. The lowest BCUT2D eigenvalue weighted by Gasteiger charge is -1.99. The van der Waals surface area contributed by atoms with E-state index in [0.717, 1.165) is 10.6 Å². The number of pyridine rings is 1. The standard InChI is InChI=1S/C16H9ClFN5S/c17-11-4-5-12(13(18)8-11)15-20-21-16-23(15)22-14(24-16)6-3-10-2-1-7-19-9-10/h1-9H. The third-order valence-corrected chi connectivity index (χ3v) is 4.38. The van der Waals surface area contributed by atoms with Crippen LogP contribution in [0.5, 0.6) is 0 Å². The first kappa shape index (κ1) is 14.9. The number of aromatic nitrogens is 5. The van der Waals surface area contributed by atoms with Crippen molar-refractivity contribution in [1.82, 2.24) is 24.8 Å². The molecule has 0 amide bonds. The third kappa shape index (κ3) is 2.79. The fourth-order valence-electron chi connectivity index (χ4n) is 2.18. The molecule has 0 aliphatic rings. The van der Waals surface area contributed by atoms with Crippen LogP contribution in [0.15, 0.2) is 42.7 Å². The number of benzene rings is 1. The minimum atomic E-state index is -0.461. The maximum Gasteiger partial charge on any atom is 0.235 e. The topological polar surface area (TPSA) is 56.0 Å². The van der Waals surface area contributed by atoms with Crippen LogP contribution < -0.4 is 0 Å². The van der Waals surface area contributed by atoms with Gasteiger partial charge in [0.1, 0.15) is 10.8 Å². The van der Waals surface area contributed by atoms with Gasteiger partial charge in [0.05, 0.1) is 5.56 Å². The van der Waals surface area contributed by atoms with Crippen molar-refractivity contribution in [3.05, 3.63) is 64.1 Å². The maximum absolute atomic E-state index is 14.1. The summed E-state index contributed by atoms with van der Waals surface area (Å²) in [7, 11) is 0. The van der Waals surface area contributed by atoms with Gasteiger partial charge < -0.3 is 0 Å². The molecular weight excluding hydrogens is 349 g/mol. The summed E-state index contributed by atoms with van der Waals surface area (Å²) in [6.07, 6.45) is 7.23. The van der Waals surface area contributed by atoms with Crippen LogP contribution in [0.25, 0.3) is 28.5 Å². The van der Waals surface area contributed by atoms with Crippen LogP contribution in [0.4, 0.5) is 4.39 Å². The van der Waals surface area contributed by atoms with Gasteiger partial charge >= 0.3 is 0 Å². The van der Waals surface area contributed by atoms with Crippen LogP contribution in [0, 0.1) is 5.82 Å². The van der Waals surface area contributed by atoms with Gasteiger partial charge in [-0.2, -0.15) is 9.61 Å². The van der Waals surface area contributed by atoms with E-state index in [1.807, 2.05) is 24.3 Å². The molecule has 24 heavy (non-hydrogen) atoms. The summed E-state index contributed by atoms with van der Waals surface area (Å²) in [6, 6.07) is 8.22. The van der Waals surface area contributed by atoms with E-state index in [-0.39, 0.29) is 0 Å². The highest BCUT2D eigenvalue weighted by Crippen LogP contribution is 2.26. The van der Waals surface area contributed by atoms with Crippen LogP contribution in [0.2, 0.25) is 5.02 Å². The van der Waals surface area contributed by atoms with E-state index in [0.29, 0.717) is 21.4 Å². The molecule has 0 N–H and O–H groups in total. The predicted molar refractivity (Wildman–Crippen MR) is 92.2 cm³/mol. The first-order valence-electron chi connectivity index (χ1n) is 6.96. The van der Waals surface area contributed by atoms with Gasteiger partial charge in [0.25, 0.3) is 0 Å². The van der Waals surface area contributed by atoms with E-state index in [1.165, 1.54) is 21.9 Å². The highest BCUT2D eigenvalue weighted by molar-refractivity contribution is 7.17. The summed E-state index contributed by atoms with van der Waals surface area (Å²) in [6.45, 7) is 0. The van der Waals surface area contributed by atoms with Crippen LogP contribution in [-0.4, -0.2) is 24.8 Å². The molecule has 0 fully saturated rings. The van der Waals surface area contributed by atoms with Crippen LogP contribution >= 0.6 is 22.9 Å². The van der Waals surface area contributed by atoms with E-state index >= 15 is 0 Å². The highest BCUT2D eigenvalue weighted by atomic mass is 35.5. The summed E-state index contributed by atoms with van der Waals surface area (Å²) < 4.78 is 15.6. The first-order chi connectivity index (χ1) is 11.7. The number of hydrogen-bond acceptors (Lipinski definition) is 5. The molecule has 0 aliphatic heterocycles. The van der Waals surface area contributed by atoms with Crippen molar-refractivity contribution >= 4 is 40.1 Å². The van der Waals surface area contributed by atoms with Crippen molar-refractivity contribution in [2.24, 2.45) is 0 Å². The zero-order chi connectivity index (χ0) is 16.5. The van der Waals surface area contributed by atoms with E-state index < -0.39 is 5.82 Å². The molecule has 4 aromatic rings. The number of halogens is 2. The van der Waals surface area contributed by atoms with Gasteiger partial charge in [-0.15, -0.1) is 10.2 Å². The molecule has 0 bridgehead atoms. The number of nitrogens with zero attached hydrogens (tertiary/aromatic N) is 5. The lowest BCUT2D eigenvalue weighted by atomic mass is 10.2. The zero-order valence-corrected chi connectivity index (χ0v) is 13.7. The average Bonchev–Trinajstić information content (AvgIpc) is 3.15. The summed E-state index contributed by atoms with van der Waals surface area (Å²) in [4.78, 5) is 4.64. The smallest absolute Gasteiger partial charge is 0.235 e. The molecule has 0 saturated heterocycles. The maximum atomic E-state index is 14.1. The van der Waals surface area contributed by atoms with Gasteiger partial charge in [-0.3, -0.25) is 4.98 Å². The van der Waals surface area contributed by atoms with Crippen molar-refractivity contribution in [1.29, 1.82) is 0 Å². The van der Waals surface area contributed by atoms with Crippen LogP contribution in [0.1, 0.15) is 10.6 Å². The summed E-state index contributed by atoms with van der Waals surface area (Å²) >= 11 is 7.15. The van der Waals surface area contributed by atoms with E-state index in [4.69, 9.17) is 11.6 Å². The molecule has 118 valence electrons. The quantitative estimate of drug-likeness (QED) is 0.551. The number of rotatable bonds is 3. The van der Waals surface area contributed by atoms with Crippen molar-refractivity contribution in [3.8, 4) is 11.4 Å². The Balaban J connectivity index is 1.72. The normalized spacial score (nSPS) is 11.6. The summed E-state index contributed by atoms with van der Waals surface area (Å²) in [5.74, 6) is -0.117.